The average molecular weight is 400 g/mol. The summed E-state index contributed by atoms with van der Waals surface area (Å²) in [7, 11) is 0. The van der Waals surface area contributed by atoms with Crippen molar-refractivity contribution in [2.45, 2.75) is 70.5 Å². The topological polar surface area (TPSA) is 37.9 Å². The maximum atomic E-state index is 13.7. The van der Waals surface area contributed by atoms with E-state index in [2.05, 4.69) is 0 Å². The maximum Gasteiger partial charge on any atom is 0.289 e. The number of carbonyl (C=O) groups excluding carboxylic acids is 1. The summed E-state index contributed by atoms with van der Waals surface area (Å²) in [4.78, 5) is 16.0. The zero-order chi connectivity index (χ0) is 20.1. The van der Waals surface area contributed by atoms with E-state index in [9.17, 15) is 9.18 Å². The highest BCUT2D eigenvalue weighted by atomic mass is 19.1. The number of furan rings is 1. The molecule has 2 heterocycles. The van der Waals surface area contributed by atoms with Crippen molar-refractivity contribution in [3.8, 4) is 0 Å². The number of carbonyl (C=O) groups is 1. The summed E-state index contributed by atoms with van der Waals surface area (Å²) in [6.45, 7) is 3.16. The normalized spacial score (nSPS) is 19.3. The Kier molecular flexibility index (Phi) is 6.65. The van der Waals surface area contributed by atoms with Crippen molar-refractivity contribution in [3.63, 3.8) is 0 Å². The molecule has 2 aliphatic rings. The SMILES string of the molecule is O=C(c1ccc(C[NH+](Cc2cccc(F)c2)C2CCCCC2)o1)N1CCCCC1. The summed E-state index contributed by atoms with van der Waals surface area (Å²) in [6, 6.07) is 11.2. The van der Waals surface area contributed by atoms with Gasteiger partial charge < -0.3 is 14.2 Å². The minimum Gasteiger partial charge on any atom is -0.450 e. The molecule has 1 saturated carbocycles. The third-order valence-electron chi connectivity index (χ3n) is 6.42. The molecule has 4 nitrogen and oxygen atoms in total. The average Bonchev–Trinajstić information content (AvgIpc) is 3.23. The van der Waals surface area contributed by atoms with Crippen LogP contribution in [0.25, 0.3) is 0 Å². The van der Waals surface area contributed by atoms with Gasteiger partial charge in [-0.15, -0.1) is 0 Å². The Labute approximate surface area is 172 Å². The minimum absolute atomic E-state index is 0.0142. The molecule has 1 amide bonds. The van der Waals surface area contributed by atoms with E-state index in [1.54, 1.807) is 12.1 Å². The molecule has 1 aromatic carbocycles. The van der Waals surface area contributed by atoms with Crippen molar-refractivity contribution < 1.29 is 18.5 Å². The fraction of sp³-hybridized carbons (Fsp3) is 0.542. The van der Waals surface area contributed by atoms with E-state index in [1.807, 2.05) is 23.1 Å². The van der Waals surface area contributed by atoms with Gasteiger partial charge in [0.05, 0.1) is 6.04 Å². The van der Waals surface area contributed by atoms with Gasteiger partial charge in [0.25, 0.3) is 5.91 Å². The molecule has 5 heteroatoms. The first-order valence-corrected chi connectivity index (χ1v) is 11.2. The zero-order valence-electron chi connectivity index (χ0n) is 17.2. The quantitative estimate of drug-likeness (QED) is 0.798. The number of benzene rings is 1. The van der Waals surface area contributed by atoms with Gasteiger partial charge in [0, 0.05) is 18.7 Å². The van der Waals surface area contributed by atoms with Gasteiger partial charge >= 0.3 is 0 Å². The number of rotatable bonds is 6. The van der Waals surface area contributed by atoms with Gasteiger partial charge in [0.1, 0.15) is 18.9 Å². The van der Waals surface area contributed by atoms with Crippen LogP contribution in [0, 0.1) is 5.82 Å². The predicted octanol–water partition coefficient (Wildman–Crippen LogP) is 3.96. The molecule has 4 rings (SSSR count). The lowest BCUT2D eigenvalue weighted by molar-refractivity contribution is -0.954. The van der Waals surface area contributed by atoms with Crippen molar-refractivity contribution >= 4 is 5.91 Å². The van der Waals surface area contributed by atoms with Gasteiger partial charge in [-0.1, -0.05) is 18.6 Å². The summed E-state index contributed by atoms with van der Waals surface area (Å²) < 4.78 is 19.7. The monoisotopic (exact) mass is 399 g/mol. The summed E-state index contributed by atoms with van der Waals surface area (Å²) in [6.07, 6.45) is 9.57. The standard InChI is InChI=1S/C24H31FN2O2/c25-20-9-7-8-19(16-20)17-27(21-10-3-1-4-11-21)18-22-12-13-23(29-22)24(28)26-14-5-2-6-15-26/h7-9,12-13,16,21H,1-6,10-11,14-15,17-18H2/p+1. The molecule has 1 unspecified atom stereocenters. The Bertz CT molecular complexity index is 807. The molecule has 29 heavy (non-hydrogen) atoms. The van der Waals surface area contributed by atoms with Crippen molar-refractivity contribution in [1.82, 2.24) is 4.90 Å². The van der Waals surface area contributed by atoms with Crippen LogP contribution in [0.1, 0.15) is 73.2 Å². The zero-order valence-corrected chi connectivity index (χ0v) is 17.2. The second-order valence-corrected chi connectivity index (χ2v) is 8.60. The Morgan fingerprint density at radius 3 is 2.52 bits per heavy atom. The lowest BCUT2D eigenvalue weighted by Gasteiger charge is -2.31. The highest BCUT2D eigenvalue weighted by Crippen LogP contribution is 2.18. The number of quaternary nitrogens is 1. The first kappa shape index (κ1) is 20.1. The maximum absolute atomic E-state index is 13.7. The van der Waals surface area contributed by atoms with Crippen molar-refractivity contribution in [3.05, 3.63) is 59.3 Å². The third-order valence-corrected chi connectivity index (χ3v) is 6.42. The van der Waals surface area contributed by atoms with Gasteiger partial charge in [0.15, 0.2) is 11.5 Å². The highest BCUT2D eigenvalue weighted by molar-refractivity contribution is 5.91. The molecule has 1 aromatic heterocycles. The van der Waals surface area contributed by atoms with Crippen LogP contribution in [0.5, 0.6) is 0 Å². The molecule has 1 aliphatic carbocycles. The lowest BCUT2D eigenvalue weighted by atomic mass is 9.93. The fourth-order valence-electron chi connectivity index (χ4n) is 4.84. The van der Waals surface area contributed by atoms with Crippen LogP contribution in [0.3, 0.4) is 0 Å². The first-order chi connectivity index (χ1) is 14.2. The Hall–Kier alpha value is -2.14. The third kappa shape index (κ3) is 5.27. The molecule has 2 fully saturated rings. The van der Waals surface area contributed by atoms with Gasteiger partial charge in [-0.3, -0.25) is 4.79 Å². The van der Waals surface area contributed by atoms with E-state index < -0.39 is 0 Å². The molecule has 1 aliphatic heterocycles. The van der Waals surface area contributed by atoms with Crippen molar-refractivity contribution in [1.29, 1.82) is 0 Å². The Balaban J connectivity index is 1.46. The summed E-state index contributed by atoms with van der Waals surface area (Å²) >= 11 is 0. The van der Waals surface area contributed by atoms with Crippen LogP contribution in [-0.4, -0.2) is 29.9 Å². The van der Waals surface area contributed by atoms with E-state index in [1.165, 1.54) is 49.5 Å². The van der Waals surface area contributed by atoms with Crippen LogP contribution < -0.4 is 4.90 Å². The van der Waals surface area contributed by atoms with Crippen LogP contribution in [0.4, 0.5) is 4.39 Å². The molecule has 0 radical (unpaired) electrons. The number of nitrogens with one attached hydrogen (secondary N) is 1. The van der Waals surface area contributed by atoms with E-state index in [0.29, 0.717) is 11.8 Å². The second kappa shape index (κ2) is 9.57. The van der Waals surface area contributed by atoms with E-state index in [-0.39, 0.29) is 11.7 Å². The van der Waals surface area contributed by atoms with Crippen molar-refractivity contribution in [2.75, 3.05) is 13.1 Å². The molecule has 1 atom stereocenters. The number of hydrogen-bond donors (Lipinski definition) is 1. The van der Waals surface area contributed by atoms with Crippen LogP contribution in [-0.2, 0) is 13.1 Å². The fourth-order valence-corrected chi connectivity index (χ4v) is 4.84. The number of hydrogen-bond acceptors (Lipinski definition) is 2. The van der Waals surface area contributed by atoms with Gasteiger partial charge in [0.2, 0.25) is 0 Å². The molecule has 1 saturated heterocycles. The number of amides is 1. The molecular weight excluding hydrogens is 367 g/mol. The minimum atomic E-state index is -0.182. The Morgan fingerprint density at radius 2 is 1.76 bits per heavy atom. The Morgan fingerprint density at radius 1 is 1.00 bits per heavy atom. The lowest BCUT2D eigenvalue weighted by Crippen LogP contribution is -3.13. The van der Waals surface area contributed by atoms with Gasteiger partial charge in [-0.25, -0.2) is 4.39 Å². The van der Waals surface area contributed by atoms with Crippen LogP contribution in [0.15, 0.2) is 40.8 Å². The van der Waals surface area contributed by atoms with E-state index in [4.69, 9.17) is 4.42 Å². The molecule has 1 N–H and O–H groups in total. The van der Waals surface area contributed by atoms with Crippen LogP contribution >= 0.6 is 0 Å². The smallest absolute Gasteiger partial charge is 0.289 e. The predicted molar refractivity (Wildman–Crippen MR) is 110 cm³/mol. The number of piperidine rings is 1. The van der Waals surface area contributed by atoms with Crippen molar-refractivity contribution in [2.24, 2.45) is 0 Å². The van der Waals surface area contributed by atoms with Gasteiger partial charge in [-0.05, 0) is 69.2 Å². The highest BCUT2D eigenvalue weighted by Gasteiger charge is 2.27. The second-order valence-electron chi connectivity index (χ2n) is 8.60. The summed E-state index contributed by atoms with van der Waals surface area (Å²) in [5.74, 6) is 1.14. The first-order valence-electron chi connectivity index (χ1n) is 11.2. The number of nitrogens with zero attached hydrogens (tertiary/aromatic N) is 1. The molecule has 0 bridgehead atoms. The largest absolute Gasteiger partial charge is 0.450 e. The van der Waals surface area contributed by atoms with E-state index in [0.717, 1.165) is 50.3 Å². The molecule has 2 aromatic rings. The number of likely N-dealkylation sites (tertiary alicyclic amines) is 1. The molecule has 0 spiro atoms. The molecule has 156 valence electrons. The van der Waals surface area contributed by atoms with E-state index >= 15 is 0 Å². The van der Waals surface area contributed by atoms with Crippen LogP contribution in [0.2, 0.25) is 0 Å². The van der Waals surface area contributed by atoms with Gasteiger partial charge in [-0.2, -0.15) is 0 Å². The summed E-state index contributed by atoms with van der Waals surface area (Å²) in [5.41, 5.74) is 1.02. The summed E-state index contributed by atoms with van der Waals surface area (Å²) in [5, 5.41) is 0. The molecular formula is C24H32FN2O2+. The number of halogens is 1.